The van der Waals surface area contributed by atoms with Crippen LogP contribution < -0.4 is 10.6 Å². The maximum atomic E-state index is 11.0. The van der Waals surface area contributed by atoms with Gasteiger partial charge in [0.25, 0.3) is 0 Å². The lowest BCUT2D eigenvalue weighted by molar-refractivity contribution is -0.384. The Labute approximate surface area is 117 Å². The van der Waals surface area contributed by atoms with Gasteiger partial charge in [0.2, 0.25) is 5.82 Å². The summed E-state index contributed by atoms with van der Waals surface area (Å²) in [4.78, 5) is 14.9. The van der Waals surface area contributed by atoms with Crippen LogP contribution in [0, 0.1) is 10.1 Å². The van der Waals surface area contributed by atoms with Crippen molar-refractivity contribution in [3.05, 3.63) is 22.2 Å². The van der Waals surface area contributed by atoms with Gasteiger partial charge in [-0.25, -0.2) is 4.98 Å². The SMILES string of the molecule is CCNc1ccc([N+](=O)[O-])c(NC2CCC(O)CC2)n1. The van der Waals surface area contributed by atoms with Crippen molar-refractivity contribution < 1.29 is 10.0 Å². The number of hydrogen-bond acceptors (Lipinski definition) is 6. The Hall–Kier alpha value is -1.89. The van der Waals surface area contributed by atoms with Crippen LogP contribution in [0.5, 0.6) is 0 Å². The molecule has 0 spiro atoms. The fraction of sp³-hybridized carbons (Fsp3) is 0.615. The van der Waals surface area contributed by atoms with Gasteiger partial charge in [-0.1, -0.05) is 0 Å². The number of aliphatic hydroxyl groups is 1. The lowest BCUT2D eigenvalue weighted by atomic mass is 9.93. The summed E-state index contributed by atoms with van der Waals surface area (Å²) in [6.07, 6.45) is 2.79. The Morgan fingerprint density at radius 3 is 2.70 bits per heavy atom. The molecule has 7 heteroatoms. The highest BCUT2D eigenvalue weighted by molar-refractivity contribution is 5.60. The molecule has 0 bridgehead atoms. The van der Waals surface area contributed by atoms with Crippen molar-refractivity contribution in [3.63, 3.8) is 0 Å². The second-order valence-electron chi connectivity index (χ2n) is 5.00. The third-order valence-electron chi connectivity index (χ3n) is 3.47. The summed E-state index contributed by atoms with van der Waals surface area (Å²) in [6.45, 7) is 2.65. The average molecular weight is 280 g/mol. The van der Waals surface area contributed by atoms with Gasteiger partial charge in [-0.05, 0) is 38.7 Å². The molecule has 3 N–H and O–H groups in total. The molecule has 1 aliphatic carbocycles. The standard InChI is InChI=1S/C13H20N4O3/c1-2-14-12-8-7-11(17(19)20)13(16-12)15-9-3-5-10(18)6-4-9/h7-10,18H,2-6H2,1H3,(H2,14,15,16). The summed E-state index contributed by atoms with van der Waals surface area (Å²) in [5.41, 5.74) is -0.0159. The van der Waals surface area contributed by atoms with Crippen molar-refractivity contribution in [2.45, 2.75) is 44.8 Å². The maximum absolute atomic E-state index is 11.0. The van der Waals surface area contributed by atoms with E-state index in [1.807, 2.05) is 6.92 Å². The number of rotatable bonds is 5. The van der Waals surface area contributed by atoms with Crippen LogP contribution in [0.25, 0.3) is 0 Å². The van der Waals surface area contributed by atoms with Crippen molar-refractivity contribution in [3.8, 4) is 0 Å². The summed E-state index contributed by atoms with van der Waals surface area (Å²) in [5.74, 6) is 0.922. The molecule has 1 saturated carbocycles. The predicted octanol–water partition coefficient (Wildman–Crippen LogP) is 2.14. The van der Waals surface area contributed by atoms with Crippen molar-refractivity contribution in [2.24, 2.45) is 0 Å². The van der Waals surface area contributed by atoms with Crippen LogP contribution >= 0.6 is 0 Å². The highest BCUT2D eigenvalue weighted by atomic mass is 16.6. The van der Waals surface area contributed by atoms with Gasteiger partial charge in [-0.2, -0.15) is 0 Å². The fourth-order valence-corrected chi connectivity index (χ4v) is 2.40. The highest BCUT2D eigenvalue weighted by Crippen LogP contribution is 2.28. The lowest BCUT2D eigenvalue weighted by Crippen LogP contribution is -2.28. The summed E-state index contributed by atoms with van der Waals surface area (Å²) in [7, 11) is 0. The number of hydrogen-bond donors (Lipinski definition) is 3. The van der Waals surface area contributed by atoms with Crippen molar-refractivity contribution in [1.82, 2.24) is 4.98 Å². The minimum absolute atomic E-state index is 0.0159. The number of aromatic nitrogens is 1. The molecule has 1 aliphatic rings. The zero-order chi connectivity index (χ0) is 14.5. The van der Waals surface area contributed by atoms with Crippen LogP contribution in [0.1, 0.15) is 32.6 Å². The molecule has 2 rings (SSSR count). The number of nitrogens with one attached hydrogen (secondary N) is 2. The van der Waals surface area contributed by atoms with E-state index < -0.39 is 4.92 Å². The third-order valence-corrected chi connectivity index (χ3v) is 3.47. The van der Waals surface area contributed by atoms with E-state index in [4.69, 9.17) is 0 Å². The van der Waals surface area contributed by atoms with Gasteiger partial charge >= 0.3 is 5.69 Å². The topological polar surface area (TPSA) is 100 Å². The lowest BCUT2D eigenvalue weighted by Gasteiger charge is -2.26. The first-order valence-corrected chi connectivity index (χ1v) is 6.94. The van der Waals surface area contributed by atoms with Crippen molar-refractivity contribution in [2.75, 3.05) is 17.2 Å². The minimum atomic E-state index is -0.428. The molecular weight excluding hydrogens is 260 g/mol. The highest BCUT2D eigenvalue weighted by Gasteiger charge is 2.23. The molecule has 0 radical (unpaired) electrons. The van der Waals surface area contributed by atoms with Crippen molar-refractivity contribution >= 4 is 17.3 Å². The number of pyridine rings is 1. The van der Waals surface area contributed by atoms with Crippen LogP contribution in [-0.2, 0) is 0 Å². The molecular formula is C13H20N4O3. The van der Waals surface area contributed by atoms with E-state index in [-0.39, 0.29) is 17.8 Å². The molecule has 1 heterocycles. The second kappa shape index (κ2) is 6.51. The fourth-order valence-electron chi connectivity index (χ4n) is 2.40. The van der Waals surface area contributed by atoms with Gasteiger partial charge in [0.05, 0.1) is 11.0 Å². The zero-order valence-corrected chi connectivity index (χ0v) is 11.5. The molecule has 1 aromatic heterocycles. The number of anilines is 2. The molecule has 1 aromatic rings. The van der Waals surface area contributed by atoms with Gasteiger partial charge < -0.3 is 15.7 Å². The normalized spacial score (nSPS) is 22.3. The van der Waals surface area contributed by atoms with E-state index in [0.717, 1.165) is 25.7 Å². The van der Waals surface area contributed by atoms with E-state index >= 15 is 0 Å². The Morgan fingerprint density at radius 2 is 2.10 bits per heavy atom. The molecule has 0 aromatic carbocycles. The molecule has 0 unspecified atom stereocenters. The van der Waals surface area contributed by atoms with E-state index in [9.17, 15) is 15.2 Å². The van der Waals surface area contributed by atoms with Crippen molar-refractivity contribution in [1.29, 1.82) is 0 Å². The van der Waals surface area contributed by atoms with Gasteiger partial charge in [0.1, 0.15) is 5.82 Å². The molecule has 0 amide bonds. The largest absolute Gasteiger partial charge is 0.393 e. The van der Waals surface area contributed by atoms with E-state index in [1.165, 1.54) is 6.07 Å². The Morgan fingerprint density at radius 1 is 1.40 bits per heavy atom. The Kier molecular flexibility index (Phi) is 4.73. The first-order chi connectivity index (χ1) is 9.60. The number of nitrogens with zero attached hydrogens (tertiary/aromatic N) is 2. The number of aliphatic hydroxyl groups excluding tert-OH is 1. The van der Waals surface area contributed by atoms with Crippen LogP contribution in [0.15, 0.2) is 12.1 Å². The van der Waals surface area contributed by atoms with Crippen LogP contribution in [0.3, 0.4) is 0 Å². The van der Waals surface area contributed by atoms with Gasteiger partial charge in [-0.3, -0.25) is 10.1 Å². The molecule has 0 atom stereocenters. The van der Waals surface area contributed by atoms with E-state index in [1.54, 1.807) is 6.07 Å². The molecule has 20 heavy (non-hydrogen) atoms. The first-order valence-electron chi connectivity index (χ1n) is 6.94. The summed E-state index contributed by atoms with van der Waals surface area (Å²) < 4.78 is 0. The van der Waals surface area contributed by atoms with E-state index in [2.05, 4.69) is 15.6 Å². The van der Waals surface area contributed by atoms with Crippen LogP contribution in [0.2, 0.25) is 0 Å². The van der Waals surface area contributed by atoms with Gasteiger partial charge in [0.15, 0.2) is 0 Å². The zero-order valence-electron chi connectivity index (χ0n) is 11.5. The Bertz CT molecular complexity index is 473. The van der Waals surface area contributed by atoms with E-state index in [0.29, 0.717) is 18.2 Å². The van der Waals surface area contributed by atoms with Gasteiger partial charge in [0, 0.05) is 18.7 Å². The molecule has 7 nitrogen and oxygen atoms in total. The average Bonchev–Trinajstić information content (AvgIpc) is 2.42. The van der Waals surface area contributed by atoms with Gasteiger partial charge in [-0.15, -0.1) is 0 Å². The molecule has 0 aliphatic heterocycles. The molecule has 1 fully saturated rings. The second-order valence-corrected chi connectivity index (χ2v) is 5.00. The smallest absolute Gasteiger partial charge is 0.311 e. The molecule has 0 saturated heterocycles. The Balaban J connectivity index is 2.14. The first kappa shape index (κ1) is 14.5. The van der Waals surface area contributed by atoms with Crippen LogP contribution in [-0.4, -0.2) is 33.7 Å². The minimum Gasteiger partial charge on any atom is -0.393 e. The maximum Gasteiger partial charge on any atom is 0.311 e. The third kappa shape index (κ3) is 3.57. The van der Waals surface area contributed by atoms with Crippen LogP contribution in [0.4, 0.5) is 17.3 Å². The monoisotopic (exact) mass is 280 g/mol. The quantitative estimate of drug-likeness (QED) is 0.564. The predicted molar refractivity (Wildman–Crippen MR) is 76.9 cm³/mol. The number of nitro groups is 1. The molecule has 110 valence electrons. The summed E-state index contributed by atoms with van der Waals surface area (Å²) in [6, 6.07) is 3.20. The summed E-state index contributed by atoms with van der Waals surface area (Å²) in [5, 5.41) is 26.7. The summed E-state index contributed by atoms with van der Waals surface area (Å²) >= 11 is 0.